The maximum Gasteiger partial charge on any atom is 0.140 e. The molecule has 1 saturated carbocycles. The van der Waals surface area contributed by atoms with Crippen molar-refractivity contribution >= 4 is 5.78 Å². The highest BCUT2D eigenvalue weighted by Crippen LogP contribution is 2.50. The second-order valence-corrected chi connectivity index (χ2v) is 4.88. The highest BCUT2D eigenvalue weighted by atomic mass is 16.1. The van der Waals surface area contributed by atoms with Crippen LogP contribution in [0.2, 0.25) is 0 Å². The normalized spacial score (nSPS) is 17.9. The Morgan fingerprint density at radius 1 is 1.27 bits per heavy atom. The molecule has 0 radical (unpaired) electrons. The van der Waals surface area contributed by atoms with E-state index in [1.165, 1.54) is 11.1 Å². The van der Waals surface area contributed by atoms with Gasteiger partial charge in [0.15, 0.2) is 0 Å². The zero-order chi connectivity index (χ0) is 11.1. The molecule has 80 valence electrons. The molecule has 15 heavy (non-hydrogen) atoms. The lowest BCUT2D eigenvalue weighted by molar-refractivity contribution is -0.119. The fraction of sp³-hybridized carbons (Fsp3) is 0.500. The van der Waals surface area contributed by atoms with E-state index in [-0.39, 0.29) is 5.41 Å². The monoisotopic (exact) mass is 202 g/mol. The molecule has 0 aromatic heterocycles. The third-order valence-electron chi connectivity index (χ3n) is 3.52. The minimum Gasteiger partial charge on any atom is -0.299 e. The zero-order valence-electron chi connectivity index (χ0n) is 9.71. The molecule has 0 saturated heterocycles. The average molecular weight is 202 g/mol. The summed E-state index contributed by atoms with van der Waals surface area (Å²) < 4.78 is 0. The summed E-state index contributed by atoms with van der Waals surface area (Å²) >= 11 is 0. The third-order valence-corrected chi connectivity index (χ3v) is 3.52. The summed E-state index contributed by atoms with van der Waals surface area (Å²) in [7, 11) is 0. The first-order valence-corrected chi connectivity index (χ1v) is 5.68. The van der Waals surface area contributed by atoms with Crippen molar-refractivity contribution in [2.24, 2.45) is 0 Å². The summed E-state index contributed by atoms with van der Waals surface area (Å²) in [5, 5.41) is 0. The topological polar surface area (TPSA) is 17.1 Å². The van der Waals surface area contributed by atoms with Crippen LogP contribution in [-0.4, -0.2) is 5.78 Å². The molecule has 1 heteroatoms. The Morgan fingerprint density at radius 2 is 1.87 bits per heavy atom. The van der Waals surface area contributed by atoms with Crippen LogP contribution in [0.4, 0.5) is 0 Å². The van der Waals surface area contributed by atoms with Crippen LogP contribution in [-0.2, 0) is 10.2 Å². The Hall–Kier alpha value is -1.11. The molecule has 1 fully saturated rings. The summed E-state index contributed by atoms with van der Waals surface area (Å²) in [6.45, 7) is 6.11. The number of carbonyl (C=O) groups is 1. The second-order valence-electron chi connectivity index (χ2n) is 4.88. The first kappa shape index (κ1) is 10.4. The average Bonchev–Trinajstić information content (AvgIpc) is 2.98. The fourth-order valence-electron chi connectivity index (χ4n) is 2.37. The van der Waals surface area contributed by atoms with Gasteiger partial charge < -0.3 is 0 Å². The predicted octanol–water partition coefficient (Wildman–Crippen LogP) is 3.43. The Kier molecular flexibility index (Phi) is 2.41. The summed E-state index contributed by atoms with van der Waals surface area (Å²) in [6, 6.07) is 8.39. The van der Waals surface area contributed by atoms with Crippen LogP contribution in [0.3, 0.4) is 0 Å². The molecule has 0 heterocycles. The Bertz CT molecular complexity index is 386. The molecule has 1 aromatic carbocycles. The Labute approximate surface area is 91.5 Å². The summed E-state index contributed by atoms with van der Waals surface area (Å²) in [5.41, 5.74) is 2.48. The van der Waals surface area contributed by atoms with E-state index in [9.17, 15) is 4.79 Å². The number of ketones is 1. The number of rotatable bonds is 3. The molecular weight excluding hydrogens is 184 g/mol. The van der Waals surface area contributed by atoms with Crippen LogP contribution >= 0.6 is 0 Å². The maximum atomic E-state index is 11.7. The van der Waals surface area contributed by atoms with Crippen LogP contribution in [0.25, 0.3) is 0 Å². The lowest BCUT2D eigenvalue weighted by Crippen LogP contribution is -2.19. The Balaban J connectivity index is 2.49. The van der Waals surface area contributed by atoms with E-state index in [2.05, 4.69) is 32.0 Å². The van der Waals surface area contributed by atoms with Gasteiger partial charge in [-0.3, -0.25) is 4.79 Å². The number of benzene rings is 1. The molecule has 0 amide bonds. The van der Waals surface area contributed by atoms with Gasteiger partial charge >= 0.3 is 0 Å². The molecule has 0 spiro atoms. The lowest BCUT2D eigenvalue weighted by atomic mass is 9.84. The van der Waals surface area contributed by atoms with Crippen molar-refractivity contribution in [3.8, 4) is 0 Å². The number of carbonyl (C=O) groups excluding carboxylic acids is 1. The van der Waals surface area contributed by atoms with E-state index in [0.29, 0.717) is 11.7 Å². The molecule has 1 aliphatic carbocycles. The standard InChI is InChI=1S/C14H18O/c1-10(2)12-6-4-5-7-13(12)14(8-9-14)11(3)15/h4-7,10H,8-9H2,1-3H3. The van der Waals surface area contributed by atoms with Crippen LogP contribution in [0, 0.1) is 0 Å². The third kappa shape index (κ3) is 1.60. The molecule has 1 aliphatic rings. The fourth-order valence-corrected chi connectivity index (χ4v) is 2.37. The number of Topliss-reactive ketones (excluding diaryl/α,β-unsaturated/α-hetero) is 1. The van der Waals surface area contributed by atoms with Gasteiger partial charge in [0.25, 0.3) is 0 Å². The van der Waals surface area contributed by atoms with Crippen molar-refractivity contribution in [1.29, 1.82) is 0 Å². The van der Waals surface area contributed by atoms with Crippen LogP contribution in [0.1, 0.15) is 50.7 Å². The maximum absolute atomic E-state index is 11.7. The molecule has 0 aliphatic heterocycles. The Morgan fingerprint density at radius 3 is 2.33 bits per heavy atom. The first-order valence-electron chi connectivity index (χ1n) is 5.68. The quantitative estimate of drug-likeness (QED) is 0.734. The molecule has 1 aromatic rings. The van der Waals surface area contributed by atoms with Crippen LogP contribution in [0.15, 0.2) is 24.3 Å². The molecule has 2 rings (SSSR count). The molecule has 0 N–H and O–H groups in total. The van der Waals surface area contributed by atoms with Gasteiger partial charge in [0.2, 0.25) is 0 Å². The summed E-state index contributed by atoms with van der Waals surface area (Å²) in [6.07, 6.45) is 2.07. The molecule has 0 unspecified atom stereocenters. The molecule has 1 nitrogen and oxygen atoms in total. The van der Waals surface area contributed by atoms with E-state index < -0.39 is 0 Å². The first-order chi connectivity index (χ1) is 7.08. The SMILES string of the molecule is CC(=O)C1(c2ccccc2C(C)C)CC1. The van der Waals surface area contributed by atoms with Gasteiger partial charge in [-0.25, -0.2) is 0 Å². The van der Waals surface area contributed by atoms with Gasteiger partial charge in [-0.15, -0.1) is 0 Å². The number of hydrogen-bond donors (Lipinski definition) is 0. The minimum absolute atomic E-state index is 0.124. The second kappa shape index (κ2) is 3.48. The zero-order valence-corrected chi connectivity index (χ0v) is 9.71. The highest BCUT2D eigenvalue weighted by molar-refractivity contribution is 5.91. The van der Waals surface area contributed by atoms with Crippen molar-refractivity contribution < 1.29 is 4.79 Å². The van der Waals surface area contributed by atoms with Gasteiger partial charge in [-0.1, -0.05) is 38.1 Å². The van der Waals surface area contributed by atoms with Gasteiger partial charge in [0.05, 0.1) is 5.41 Å². The van der Waals surface area contributed by atoms with Crippen molar-refractivity contribution in [3.05, 3.63) is 35.4 Å². The largest absolute Gasteiger partial charge is 0.299 e. The highest BCUT2D eigenvalue weighted by Gasteiger charge is 2.49. The lowest BCUT2D eigenvalue weighted by Gasteiger charge is -2.19. The van der Waals surface area contributed by atoms with E-state index in [1.807, 2.05) is 6.07 Å². The van der Waals surface area contributed by atoms with Gasteiger partial charge in [-0.2, -0.15) is 0 Å². The van der Waals surface area contributed by atoms with Crippen molar-refractivity contribution in [2.75, 3.05) is 0 Å². The van der Waals surface area contributed by atoms with E-state index in [4.69, 9.17) is 0 Å². The van der Waals surface area contributed by atoms with Crippen molar-refractivity contribution in [3.63, 3.8) is 0 Å². The summed E-state index contributed by atoms with van der Waals surface area (Å²) in [4.78, 5) is 11.7. The summed E-state index contributed by atoms with van der Waals surface area (Å²) in [5.74, 6) is 0.827. The molecule has 0 atom stereocenters. The van der Waals surface area contributed by atoms with Gasteiger partial charge in [-0.05, 0) is 36.8 Å². The smallest absolute Gasteiger partial charge is 0.140 e. The van der Waals surface area contributed by atoms with E-state index in [0.717, 1.165) is 12.8 Å². The number of hydrogen-bond acceptors (Lipinski definition) is 1. The van der Waals surface area contributed by atoms with E-state index >= 15 is 0 Å². The van der Waals surface area contributed by atoms with Crippen molar-refractivity contribution in [2.45, 2.75) is 44.9 Å². The minimum atomic E-state index is -0.124. The van der Waals surface area contributed by atoms with Crippen LogP contribution < -0.4 is 0 Å². The van der Waals surface area contributed by atoms with Gasteiger partial charge in [0, 0.05) is 0 Å². The van der Waals surface area contributed by atoms with Crippen LogP contribution in [0.5, 0.6) is 0 Å². The molecule has 0 bridgehead atoms. The van der Waals surface area contributed by atoms with E-state index in [1.54, 1.807) is 6.92 Å². The van der Waals surface area contributed by atoms with Gasteiger partial charge in [0.1, 0.15) is 5.78 Å². The van der Waals surface area contributed by atoms with Crippen molar-refractivity contribution in [1.82, 2.24) is 0 Å². The predicted molar refractivity (Wildman–Crippen MR) is 62.1 cm³/mol. The molecular formula is C14H18O.